The molecule has 1 aliphatic rings. The van der Waals surface area contributed by atoms with E-state index < -0.39 is 10.0 Å². The van der Waals surface area contributed by atoms with Crippen molar-refractivity contribution in [1.29, 1.82) is 0 Å². The molecule has 0 saturated carbocycles. The van der Waals surface area contributed by atoms with Gasteiger partial charge >= 0.3 is 0 Å². The van der Waals surface area contributed by atoms with E-state index in [-0.39, 0.29) is 18.9 Å². The van der Waals surface area contributed by atoms with Gasteiger partial charge in [-0.3, -0.25) is 4.79 Å². The quantitative estimate of drug-likeness (QED) is 0.660. The molecule has 1 aliphatic heterocycles. The number of benzene rings is 1. The summed E-state index contributed by atoms with van der Waals surface area (Å²) in [5, 5.41) is 0. The van der Waals surface area contributed by atoms with Gasteiger partial charge in [0.1, 0.15) is 5.75 Å². The number of methoxy groups -OCH3 is 1. The number of piperazine rings is 1. The van der Waals surface area contributed by atoms with Crippen LogP contribution >= 0.6 is 0 Å². The minimum atomic E-state index is -3.38. The summed E-state index contributed by atoms with van der Waals surface area (Å²) in [6, 6.07) is 7.57. The van der Waals surface area contributed by atoms with E-state index in [1.165, 1.54) is 10.6 Å². The van der Waals surface area contributed by atoms with Crippen molar-refractivity contribution >= 4 is 15.9 Å². The van der Waals surface area contributed by atoms with Crippen molar-refractivity contribution in [2.24, 2.45) is 0 Å². The lowest BCUT2D eigenvalue weighted by atomic mass is 10.1. The molecule has 7 nitrogen and oxygen atoms in total. The smallest absolute Gasteiger partial charge is 0.223 e. The molecule has 1 aromatic carbocycles. The van der Waals surface area contributed by atoms with Crippen molar-refractivity contribution in [3.05, 3.63) is 29.8 Å². The molecule has 0 spiro atoms. The number of hydrogen-bond donors (Lipinski definition) is 0. The highest BCUT2D eigenvalue weighted by molar-refractivity contribution is 7.88. The number of carbonyl (C=O) groups is 1. The summed E-state index contributed by atoms with van der Waals surface area (Å²) in [4.78, 5) is 16.4. The van der Waals surface area contributed by atoms with E-state index in [2.05, 4.69) is 4.90 Å². The van der Waals surface area contributed by atoms with Crippen LogP contribution < -0.4 is 4.74 Å². The van der Waals surface area contributed by atoms with Crippen LogP contribution in [-0.4, -0.2) is 88.1 Å². The van der Waals surface area contributed by atoms with Gasteiger partial charge in [0.25, 0.3) is 0 Å². The molecule has 1 fully saturated rings. The summed E-state index contributed by atoms with van der Waals surface area (Å²) >= 11 is 0. The zero-order valence-corrected chi connectivity index (χ0v) is 16.7. The summed E-state index contributed by atoms with van der Waals surface area (Å²) < 4.78 is 30.9. The van der Waals surface area contributed by atoms with Crippen molar-refractivity contribution < 1.29 is 17.9 Å². The van der Waals surface area contributed by atoms with E-state index in [4.69, 9.17) is 4.74 Å². The maximum Gasteiger partial charge on any atom is 0.223 e. The maximum absolute atomic E-state index is 12.4. The van der Waals surface area contributed by atoms with Crippen LogP contribution in [0.25, 0.3) is 0 Å². The number of carbonyl (C=O) groups excluding carboxylic acids is 1. The van der Waals surface area contributed by atoms with E-state index in [1.54, 1.807) is 7.11 Å². The lowest BCUT2D eigenvalue weighted by Crippen LogP contribution is -2.48. The molecule has 1 amide bonds. The van der Waals surface area contributed by atoms with Crippen molar-refractivity contribution in [2.45, 2.75) is 12.8 Å². The normalized spacial score (nSPS) is 16.1. The van der Waals surface area contributed by atoms with Crippen LogP contribution in [0.1, 0.15) is 12.0 Å². The molecule has 26 heavy (non-hydrogen) atoms. The van der Waals surface area contributed by atoms with E-state index in [1.807, 2.05) is 36.2 Å². The van der Waals surface area contributed by atoms with Crippen LogP contribution in [-0.2, 0) is 21.2 Å². The third kappa shape index (κ3) is 5.96. The monoisotopic (exact) mass is 383 g/mol. The molecule has 146 valence electrons. The van der Waals surface area contributed by atoms with Crippen molar-refractivity contribution in [2.75, 3.05) is 59.7 Å². The summed E-state index contributed by atoms with van der Waals surface area (Å²) in [7, 11) is 0.256. The zero-order chi connectivity index (χ0) is 19.2. The molecule has 1 heterocycles. The third-order valence-electron chi connectivity index (χ3n) is 4.72. The van der Waals surface area contributed by atoms with Crippen molar-refractivity contribution in [1.82, 2.24) is 14.1 Å². The van der Waals surface area contributed by atoms with Gasteiger partial charge in [0, 0.05) is 45.7 Å². The summed E-state index contributed by atoms with van der Waals surface area (Å²) in [5.74, 6) is 0.763. The lowest BCUT2D eigenvalue weighted by Gasteiger charge is -2.33. The first kappa shape index (κ1) is 20.7. The van der Waals surface area contributed by atoms with Crippen LogP contribution in [0.5, 0.6) is 5.75 Å². The van der Waals surface area contributed by atoms with Gasteiger partial charge < -0.3 is 14.5 Å². The summed E-state index contributed by atoms with van der Waals surface area (Å²) in [5.41, 5.74) is 0.953. The minimum absolute atomic E-state index is 0.0176. The Morgan fingerprint density at radius 3 is 2.42 bits per heavy atom. The number of rotatable bonds is 8. The van der Waals surface area contributed by atoms with Gasteiger partial charge in [0.05, 0.1) is 13.4 Å². The number of amides is 1. The molecule has 0 unspecified atom stereocenters. The molecule has 0 radical (unpaired) electrons. The fraction of sp³-hybridized carbons (Fsp3) is 0.611. The molecular formula is C18H29N3O4S. The summed E-state index contributed by atoms with van der Waals surface area (Å²) in [6.45, 7) is 3.66. The Kier molecular flexibility index (Phi) is 7.43. The molecule has 1 saturated heterocycles. The largest absolute Gasteiger partial charge is 0.496 e. The number of hydrogen-bond acceptors (Lipinski definition) is 5. The third-order valence-corrected chi connectivity index (χ3v) is 6.03. The molecule has 0 bridgehead atoms. The van der Waals surface area contributed by atoms with Gasteiger partial charge in [-0.1, -0.05) is 18.2 Å². The second kappa shape index (κ2) is 9.34. The topological polar surface area (TPSA) is 70.2 Å². The fourth-order valence-electron chi connectivity index (χ4n) is 3.03. The molecule has 0 N–H and O–H groups in total. The van der Waals surface area contributed by atoms with Crippen LogP contribution in [0.3, 0.4) is 0 Å². The second-order valence-corrected chi connectivity index (χ2v) is 8.64. The molecule has 8 heteroatoms. The van der Waals surface area contributed by atoms with Crippen LogP contribution in [0.15, 0.2) is 24.3 Å². The summed E-state index contributed by atoms with van der Waals surface area (Å²) in [6.07, 6.45) is 1.94. The predicted octanol–water partition coefficient (Wildman–Crippen LogP) is 0.663. The fourth-order valence-corrected chi connectivity index (χ4v) is 3.88. The first-order chi connectivity index (χ1) is 12.3. The number of likely N-dealkylation sites (N-methyl/N-ethyl adjacent to an activating group) is 1. The first-order valence-corrected chi connectivity index (χ1v) is 10.7. The minimum Gasteiger partial charge on any atom is -0.496 e. The molecule has 2 rings (SSSR count). The molecule has 1 aromatic rings. The molecule has 0 aliphatic carbocycles. The van der Waals surface area contributed by atoms with Crippen LogP contribution in [0.4, 0.5) is 0 Å². The maximum atomic E-state index is 12.4. The average Bonchev–Trinajstić information content (AvgIpc) is 2.61. The number of ether oxygens (including phenoxy) is 1. The molecule has 0 aromatic heterocycles. The molecular weight excluding hydrogens is 354 g/mol. The van der Waals surface area contributed by atoms with E-state index in [0.717, 1.165) is 24.4 Å². The highest BCUT2D eigenvalue weighted by Crippen LogP contribution is 2.18. The van der Waals surface area contributed by atoms with E-state index in [9.17, 15) is 13.2 Å². The van der Waals surface area contributed by atoms with Gasteiger partial charge in [-0.2, -0.15) is 0 Å². The lowest BCUT2D eigenvalue weighted by molar-refractivity contribution is -0.132. The standard InChI is InChI=1S/C18H29N3O4S/c1-19-12-14-20(15-13-19)18(22)9-11-21(26(3,23)24)10-8-16-6-4-5-7-17(16)25-2/h4-7H,8-15H2,1-3H3. The number of para-hydroxylation sites is 1. The van der Waals surface area contributed by atoms with Gasteiger partial charge in [0.2, 0.25) is 15.9 Å². The van der Waals surface area contributed by atoms with Gasteiger partial charge in [-0.15, -0.1) is 0 Å². The van der Waals surface area contributed by atoms with Crippen LogP contribution in [0, 0.1) is 0 Å². The first-order valence-electron chi connectivity index (χ1n) is 8.84. The second-order valence-electron chi connectivity index (χ2n) is 6.66. The van der Waals surface area contributed by atoms with E-state index >= 15 is 0 Å². The van der Waals surface area contributed by atoms with Crippen LogP contribution in [0.2, 0.25) is 0 Å². The SMILES string of the molecule is COc1ccccc1CCN(CCC(=O)N1CCN(C)CC1)S(C)(=O)=O. The van der Waals surface area contributed by atoms with Crippen molar-refractivity contribution in [3.8, 4) is 5.75 Å². The predicted molar refractivity (Wildman–Crippen MR) is 102 cm³/mol. The number of sulfonamides is 1. The van der Waals surface area contributed by atoms with E-state index in [0.29, 0.717) is 26.1 Å². The Balaban J connectivity index is 1.92. The number of nitrogens with zero attached hydrogens (tertiary/aromatic N) is 3. The highest BCUT2D eigenvalue weighted by Gasteiger charge is 2.22. The highest BCUT2D eigenvalue weighted by atomic mass is 32.2. The Bertz CT molecular complexity index is 700. The van der Waals surface area contributed by atoms with Gasteiger partial charge in [-0.05, 0) is 25.1 Å². The average molecular weight is 384 g/mol. The van der Waals surface area contributed by atoms with Crippen molar-refractivity contribution in [3.63, 3.8) is 0 Å². The molecule has 0 atom stereocenters. The Morgan fingerprint density at radius 2 is 1.81 bits per heavy atom. The zero-order valence-electron chi connectivity index (χ0n) is 15.8. The Hall–Kier alpha value is -1.64. The Morgan fingerprint density at radius 1 is 1.15 bits per heavy atom. The van der Waals surface area contributed by atoms with Gasteiger partial charge in [0.15, 0.2) is 0 Å². The van der Waals surface area contributed by atoms with Gasteiger partial charge in [-0.25, -0.2) is 12.7 Å². The Labute approximate surface area is 156 Å².